The fraction of sp³-hybridized carbons (Fsp3) is 0.0417. The molecule has 0 aliphatic carbocycles. The fourth-order valence-corrected chi connectivity index (χ4v) is 4.26. The Labute approximate surface area is 210 Å². The molecule has 0 atom stereocenters. The van der Waals surface area contributed by atoms with Gasteiger partial charge in [0, 0.05) is 21.9 Å². The Kier molecular flexibility index (Phi) is 8.04. The first-order chi connectivity index (χ1) is 16.2. The molecule has 0 heterocycles. The Bertz CT molecular complexity index is 1390. The summed E-state index contributed by atoms with van der Waals surface area (Å²) in [5.41, 5.74) is 1.43. The van der Waals surface area contributed by atoms with Gasteiger partial charge in [-0.15, -0.1) is 0 Å². The first-order valence-electron chi connectivity index (χ1n) is 9.77. The molecule has 0 unspecified atom stereocenters. The van der Waals surface area contributed by atoms with Crippen LogP contribution in [0.5, 0.6) is 5.75 Å². The van der Waals surface area contributed by atoms with Crippen LogP contribution < -0.4 is 14.8 Å². The maximum Gasteiger partial charge on any atom is 0.339 e. The Balaban J connectivity index is 1.71. The molecule has 3 aromatic carbocycles. The second-order valence-corrected chi connectivity index (χ2v) is 9.74. The molecule has 0 bridgehead atoms. The average molecular weight is 587 g/mol. The molecule has 0 aliphatic rings. The summed E-state index contributed by atoms with van der Waals surface area (Å²) in [6.45, 7) is 1.35. The molecule has 0 radical (unpaired) electrons. The number of anilines is 2. The minimum absolute atomic E-state index is 0.0601. The fourth-order valence-electron chi connectivity index (χ4n) is 2.78. The number of nitrogens with one attached hydrogen (secondary N) is 2. The second kappa shape index (κ2) is 11.0. The van der Waals surface area contributed by atoms with Gasteiger partial charge in [0.25, 0.3) is 5.91 Å². The number of hydrogen-bond donors (Lipinski definition) is 2. The van der Waals surface area contributed by atoms with Gasteiger partial charge in [-0.05, 0) is 88.8 Å². The lowest BCUT2D eigenvalue weighted by Crippen LogP contribution is -2.13. The van der Waals surface area contributed by atoms with Crippen LogP contribution in [0.15, 0.2) is 83.3 Å². The predicted molar refractivity (Wildman–Crippen MR) is 136 cm³/mol. The van der Waals surface area contributed by atoms with E-state index in [1.807, 2.05) is 12.1 Å². The number of carbonyl (C=O) groups is 2. The number of rotatable bonds is 7. The summed E-state index contributed by atoms with van der Waals surface area (Å²) < 4.78 is 31.1. The number of nitrogens with zero attached hydrogens (tertiary/aromatic N) is 1. The minimum Gasteiger partial charge on any atom is -0.379 e. The maximum absolute atomic E-state index is 12.5. The molecule has 2 amide bonds. The van der Waals surface area contributed by atoms with Crippen molar-refractivity contribution in [2.45, 2.75) is 11.8 Å². The van der Waals surface area contributed by atoms with E-state index >= 15 is 0 Å². The number of halogens is 1. The first-order valence-corrected chi connectivity index (χ1v) is 12.3. The maximum atomic E-state index is 12.5. The third-order valence-electron chi connectivity index (χ3n) is 4.31. The van der Waals surface area contributed by atoms with E-state index in [-0.39, 0.29) is 22.1 Å². The highest BCUT2D eigenvalue weighted by atomic mass is 127. The van der Waals surface area contributed by atoms with Crippen molar-refractivity contribution in [3.05, 3.63) is 87.5 Å². The molecule has 10 heteroatoms. The van der Waals surface area contributed by atoms with Crippen molar-refractivity contribution >= 4 is 62.0 Å². The van der Waals surface area contributed by atoms with E-state index in [1.165, 1.54) is 61.5 Å². The monoisotopic (exact) mass is 587 g/mol. The quantitative estimate of drug-likeness (QED) is 0.181. The zero-order valence-electron chi connectivity index (χ0n) is 17.8. The van der Waals surface area contributed by atoms with Crippen LogP contribution in [0.3, 0.4) is 0 Å². The highest BCUT2D eigenvalue weighted by Gasteiger charge is 2.17. The third kappa shape index (κ3) is 6.90. The summed E-state index contributed by atoms with van der Waals surface area (Å²) >= 11 is 2.12. The summed E-state index contributed by atoms with van der Waals surface area (Å²) in [5.74, 6) is -0.770. The van der Waals surface area contributed by atoms with Crippen molar-refractivity contribution in [3.63, 3.8) is 0 Å². The van der Waals surface area contributed by atoms with E-state index in [1.54, 1.807) is 18.2 Å². The average Bonchev–Trinajstić information content (AvgIpc) is 2.78. The Morgan fingerprint density at radius 3 is 2.24 bits per heavy atom. The van der Waals surface area contributed by atoms with Crippen LogP contribution in [-0.2, 0) is 19.7 Å². The van der Waals surface area contributed by atoms with Crippen LogP contribution in [0.25, 0.3) is 6.08 Å². The zero-order valence-corrected chi connectivity index (χ0v) is 20.8. The van der Waals surface area contributed by atoms with Crippen LogP contribution in [0, 0.1) is 14.9 Å². The van der Waals surface area contributed by atoms with Crippen LogP contribution in [0.2, 0.25) is 0 Å². The van der Waals surface area contributed by atoms with Gasteiger partial charge in [0.2, 0.25) is 5.91 Å². The van der Waals surface area contributed by atoms with Crippen LogP contribution >= 0.6 is 22.6 Å². The molecule has 2 N–H and O–H groups in total. The standard InChI is InChI=1S/C24H18IN3O5S/c1-16(29)27-20-7-11-23(12-8-20)34(31,32)33-22-9-5-17(6-10-22)13-18(15-26)24(30)28-21-4-2-3-19(25)14-21/h2-14H,1H3,(H,27,29)(H,28,30)/b18-13+. The van der Waals surface area contributed by atoms with Crippen molar-refractivity contribution in [1.29, 1.82) is 5.26 Å². The summed E-state index contributed by atoms with van der Waals surface area (Å²) in [6, 6.07) is 20.5. The molecule has 8 nitrogen and oxygen atoms in total. The Morgan fingerprint density at radius 2 is 1.65 bits per heavy atom. The molecule has 0 fully saturated rings. The Hall–Kier alpha value is -3.69. The van der Waals surface area contributed by atoms with Crippen molar-refractivity contribution in [2.24, 2.45) is 0 Å². The third-order valence-corrected chi connectivity index (χ3v) is 6.24. The van der Waals surface area contributed by atoms with Gasteiger partial charge in [0.05, 0.1) is 0 Å². The van der Waals surface area contributed by atoms with Gasteiger partial charge >= 0.3 is 10.1 Å². The van der Waals surface area contributed by atoms with Gasteiger partial charge in [-0.3, -0.25) is 9.59 Å². The molecule has 0 saturated carbocycles. The van der Waals surface area contributed by atoms with E-state index in [0.29, 0.717) is 16.9 Å². The number of hydrogen-bond acceptors (Lipinski definition) is 6. The van der Waals surface area contributed by atoms with Gasteiger partial charge in [-0.25, -0.2) is 0 Å². The number of carbonyl (C=O) groups excluding carboxylic acids is 2. The highest BCUT2D eigenvalue weighted by Crippen LogP contribution is 2.22. The van der Waals surface area contributed by atoms with Gasteiger partial charge in [0.15, 0.2) is 0 Å². The van der Waals surface area contributed by atoms with Gasteiger partial charge < -0.3 is 14.8 Å². The van der Waals surface area contributed by atoms with Crippen LogP contribution in [0.4, 0.5) is 11.4 Å². The second-order valence-electron chi connectivity index (χ2n) is 6.95. The molecule has 0 spiro atoms. The van der Waals surface area contributed by atoms with Crippen molar-refractivity contribution < 1.29 is 22.2 Å². The summed E-state index contributed by atoms with van der Waals surface area (Å²) in [4.78, 5) is 23.4. The van der Waals surface area contributed by atoms with E-state index in [0.717, 1.165) is 3.57 Å². The number of amides is 2. The van der Waals surface area contributed by atoms with E-state index in [2.05, 4.69) is 33.2 Å². The van der Waals surface area contributed by atoms with Crippen molar-refractivity contribution in [1.82, 2.24) is 0 Å². The first kappa shape index (κ1) is 24.9. The molecule has 3 rings (SSSR count). The lowest BCUT2D eigenvalue weighted by molar-refractivity contribution is -0.114. The van der Waals surface area contributed by atoms with E-state index < -0.39 is 16.0 Å². The van der Waals surface area contributed by atoms with Crippen LogP contribution in [0.1, 0.15) is 12.5 Å². The largest absolute Gasteiger partial charge is 0.379 e. The lowest BCUT2D eigenvalue weighted by atomic mass is 10.1. The lowest BCUT2D eigenvalue weighted by Gasteiger charge is -2.08. The molecule has 34 heavy (non-hydrogen) atoms. The van der Waals surface area contributed by atoms with Crippen molar-refractivity contribution in [2.75, 3.05) is 10.6 Å². The summed E-state index contributed by atoms with van der Waals surface area (Å²) in [5, 5.41) is 14.6. The van der Waals surface area contributed by atoms with Gasteiger partial charge in [-0.2, -0.15) is 13.7 Å². The molecular formula is C24H18IN3O5S. The smallest absolute Gasteiger partial charge is 0.339 e. The van der Waals surface area contributed by atoms with Crippen LogP contribution in [-0.4, -0.2) is 20.2 Å². The van der Waals surface area contributed by atoms with E-state index in [4.69, 9.17) is 4.18 Å². The van der Waals surface area contributed by atoms with E-state index in [9.17, 15) is 23.3 Å². The van der Waals surface area contributed by atoms with Gasteiger partial charge in [-0.1, -0.05) is 18.2 Å². The van der Waals surface area contributed by atoms with Gasteiger partial charge in [0.1, 0.15) is 22.3 Å². The molecule has 0 aromatic heterocycles. The summed E-state index contributed by atoms with van der Waals surface area (Å²) in [7, 11) is -4.10. The molecule has 0 aliphatic heterocycles. The Morgan fingerprint density at radius 1 is 0.971 bits per heavy atom. The number of nitriles is 1. The molecule has 172 valence electrons. The van der Waals surface area contributed by atoms with Crippen molar-refractivity contribution in [3.8, 4) is 11.8 Å². The minimum atomic E-state index is -4.10. The zero-order chi connectivity index (χ0) is 24.7. The summed E-state index contributed by atoms with van der Waals surface area (Å²) in [6.07, 6.45) is 1.39. The highest BCUT2D eigenvalue weighted by molar-refractivity contribution is 14.1. The topological polar surface area (TPSA) is 125 Å². The SMILES string of the molecule is CC(=O)Nc1ccc(S(=O)(=O)Oc2ccc(/C=C(\C#N)C(=O)Nc3cccc(I)c3)cc2)cc1. The molecule has 0 saturated heterocycles. The predicted octanol–water partition coefficient (Wildman–Crippen LogP) is 4.56. The molecular weight excluding hydrogens is 569 g/mol. The molecule has 3 aromatic rings. The normalized spacial score (nSPS) is 11.3. The number of benzene rings is 3.